The van der Waals surface area contributed by atoms with Gasteiger partial charge in [0, 0.05) is 49.8 Å². The second-order valence-corrected chi connectivity index (χ2v) is 12.0. The van der Waals surface area contributed by atoms with Crippen LogP contribution < -0.4 is 0 Å². The van der Waals surface area contributed by atoms with Gasteiger partial charge in [0.25, 0.3) is 0 Å². The van der Waals surface area contributed by atoms with Gasteiger partial charge in [-0.2, -0.15) is 31.2 Å². The number of hydrogen-bond acceptors (Lipinski definition) is 12. The molecule has 3 atom stereocenters. The summed E-state index contributed by atoms with van der Waals surface area (Å²) >= 11 is 0. The summed E-state index contributed by atoms with van der Waals surface area (Å²) in [6, 6.07) is -4.51. The molecule has 0 aliphatic carbocycles. The topological polar surface area (TPSA) is 229 Å². The van der Waals surface area contributed by atoms with E-state index >= 15 is 0 Å². The number of halogens is 7. The van der Waals surface area contributed by atoms with Crippen LogP contribution in [0.3, 0.4) is 0 Å². The third-order valence-electron chi connectivity index (χ3n) is 8.40. The number of nitrogens with zero attached hydrogens (tertiary/aromatic N) is 4. The molecule has 2 saturated heterocycles. The molecule has 0 bridgehead atoms. The third-order valence-corrected chi connectivity index (χ3v) is 8.40. The number of amides is 3. The summed E-state index contributed by atoms with van der Waals surface area (Å²) in [5, 5.41) is 96.5. The van der Waals surface area contributed by atoms with Gasteiger partial charge in [-0.1, -0.05) is 18.7 Å². The number of aliphatic hydroxyl groups is 9. The van der Waals surface area contributed by atoms with Crippen molar-refractivity contribution in [2.75, 3.05) is 13.6 Å². The van der Waals surface area contributed by atoms with Gasteiger partial charge in [-0.05, 0) is 51.3 Å². The Kier molecular flexibility index (Phi) is 12.4. The van der Waals surface area contributed by atoms with Crippen molar-refractivity contribution in [2.45, 2.75) is 93.8 Å². The van der Waals surface area contributed by atoms with E-state index in [2.05, 4.69) is 6.58 Å². The summed E-state index contributed by atoms with van der Waals surface area (Å²) in [7, 11) is 0.796. The molecule has 0 aromatic heterocycles. The lowest BCUT2D eigenvalue weighted by molar-refractivity contribution is -0.604. The molecule has 9 N–H and O–H groups in total. The van der Waals surface area contributed by atoms with E-state index in [1.165, 1.54) is 6.92 Å². The number of allylic oxidation sites excluding steroid dienone is 6. The highest BCUT2D eigenvalue weighted by Gasteiger charge is 2.79. The summed E-state index contributed by atoms with van der Waals surface area (Å²) in [6.07, 6.45) is -9.43. The molecular weight excluding hydrogens is 713 g/mol. The average Bonchev–Trinajstić information content (AvgIpc) is 2.95. The number of alkyl halides is 6. The molecule has 290 valence electrons. The fourth-order valence-electron chi connectivity index (χ4n) is 5.55. The zero-order valence-corrected chi connectivity index (χ0v) is 27.4. The van der Waals surface area contributed by atoms with Gasteiger partial charge in [-0.3, -0.25) is 9.69 Å². The minimum atomic E-state index is -5.17. The molecule has 22 heteroatoms. The van der Waals surface area contributed by atoms with Crippen LogP contribution >= 0.6 is 0 Å². The Bertz CT molecular complexity index is 1440. The molecule has 2 fully saturated rings. The summed E-state index contributed by atoms with van der Waals surface area (Å²) in [5.74, 6) is -19.9. The van der Waals surface area contributed by atoms with Crippen LogP contribution in [0.15, 0.2) is 60.0 Å². The molecular formula is C29H39F7N4O11. The smallest absolute Gasteiger partial charge is 0.367 e. The highest BCUT2D eigenvalue weighted by molar-refractivity contribution is 5.76. The molecule has 3 unspecified atom stereocenters. The predicted molar refractivity (Wildman–Crippen MR) is 157 cm³/mol. The van der Waals surface area contributed by atoms with Crippen molar-refractivity contribution in [1.29, 1.82) is 0 Å². The van der Waals surface area contributed by atoms with Crippen LogP contribution in [-0.2, 0) is 4.79 Å². The van der Waals surface area contributed by atoms with Gasteiger partial charge in [-0.25, -0.2) is 14.1 Å². The fourth-order valence-corrected chi connectivity index (χ4v) is 5.55. The first-order valence-electron chi connectivity index (χ1n) is 14.7. The van der Waals surface area contributed by atoms with E-state index in [9.17, 15) is 86.3 Å². The maximum Gasteiger partial charge on any atom is 0.415 e. The molecule has 3 amide bonds. The highest BCUT2D eigenvalue weighted by Crippen LogP contribution is 2.47. The van der Waals surface area contributed by atoms with Gasteiger partial charge >= 0.3 is 42.0 Å². The SMILES string of the molecule is C=C(C=C(C=CC(F)(F)F)C(C)(O)N(C)C(=O)N1CCC(N2C(O)(O)C(O)(O)N(C(C)=O)C(O)(O)C2(O)O)CC1CC=CC(F)=CC)C(F)(F)F. The third kappa shape index (κ3) is 8.62. The van der Waals surface area contributed by atoms with Crippen molar-refractivity contribution in [2.24, 2.45) is 0 Å². The van der Waals surface area contributed by atoms with E-state index in [0.717, 1.165) is 30.2 Å². The molecule has 2 aliphatic heterocycles. The van der Waals surface area contributed by atoms with Gasteiger partial charge < -0.3 is 50.9 Å². The minimum Gasteiger partial charge on any atom is -0.367 e. The van der Waals surface area contributed by atoms with E-state index in [0.29, 0.717) is 18.7 Å². The summed E-state index contributed by atoms with van der Waals surface area (Å²) in [4.78, 5) is 25.8. The number of rotatable bonds is 8. The Balaban J connectivity index is 2.65. The molecule has 0 saturated carbocycles. The molecule has 2 rings (SSSR count). The van der Waals surface area contributed by atoms with Crippen LogP contribution in [0.1, 0.15) is 40.0 Å². The standard InChI is InChI=1S/C29H39F7N4O11/c1-6-19(30)8-7-9-20-15-21(40-28(48,49)26(44,45)39(17(3)41)27(46,47)29(40,50)51)11-13-38(20)22(42)37(5)23(4,43)18(10-12-24(31,32)33)14-16(2)25(34,35)36/h6-8,10,12,14,20-21,43-51H,2,9,11,13,15H2,1,3-5H3. The van der Waals surface area contributed by atoms with Gasteiger partial charge in [-0.15, -0.1) is 0 Å². The minimum absolute atomic E-state index is 0.0647. The number of likely N-dealkylation sites (tertiary alicyclic amines) is 1. The number of piperidine rings is 1. The number of carbonyl (C=O) groups excluding carboxylic acids is 2. The first-order valence-corrected chi connectivity index (χ1v) is 14.7. The number of urea groups is 1. The van der Waals surface area contributed by atoms with Crippen molar-refractivity contribution in [3.63, 3.8) is 0 Å². The lowest BCUT2D eigenvalue weighted by Crippen LogP contribution is -2.92. The zero-order valence-electron chi connectivity index (χ0n) is 27.4. The molecule has 2 heterocycles. The van der Waals surface area contributed by atoms with Crippen LogP contribution in [0.4, 0.5) is 35.5 Å². The van der Waals surface area contributed by atoms with E-state index in [4.69, 9.17) is 0 Å². The fraction of sp³-hybridized carbons (Fsp3) is 0.586. The molecule has 0 aromatic rings. The van der Waals surface area contributed by atoms with Crippen molar-refractivity contribution in [3.05, 3.63) is 60.0 Å². The maximum absolute atomic E-state index is 13.9. The summed E-state index contributed by atoms with van der Waals surface area (Å²) in [5.41, 5.74) is -5.75. The first kappa shape index (κ1) is 43.7. The molecule has 15 nitrogen and oxygen atoms in total. The van der Waals surface area contributed by atoms with Gasteiger partial charge in [0.1, 0.15) is 5.83 Å². The van der Waals surface area contributed by atoms with Crippen LogP contribution in [0.25, 0.3) is 0 Å². The van der Waals surface area contributed by atoms with Gasteiger partial charge in [0.05, 0.1) is 0 Å². The van der Waals surface area contributed by atoms with Crippen molar-refractivity contribution < 1.29 is 86.3 Å². The van der Waals surface area contributed by atoms with Crippen LogP contribution in [-0.4, -0.2) is 145 Å². The van der Waals surface area contributed by atoms with Crippen LogP contribution in [0.2, 0.25) is 0 Å². The number of likely N-dealkylation sites (N-methyl/N-ethyl adjacent to an activating group) is 1. The largest absolute Gasteiger partial charge is 0.415 e. The Hall–Kier alpha value is -3.45. The van der Waals surface area contributed by atoms with E-state index in [1.54, 1.807) is 0 Å². The van der Waals surface area contributed by atoms with Crippen molar-refractivity contribution >= 4 is 11.9 Å². The zero-order chi connectivity index (χ0) is 39.9. The second-order valence-electron chi connectivity index (χ2n) is 12.0. The van der Waals surface area contributed by atoms with E-state index in [1.807, 2.05) is 0 Å². The van der Waals surface area contributed by atoms with Gasteiger partial charge in [0.15, 0.2) is 5.72 Å². The van der Waals surface area contributed by atoms with Crippen molar-refractivity contribution in [1.82, 2.24) is 19.6 Å². The second kappa shape index (κ2) is 14.5. The number of piperazine rings is 1. The summed E-state index contributed by atoms with van der Waals surface area (Å²) < 4.78 is 92.8. The number of hydrogen-bond donors (Lipinski definition) is 9. The Morgan fingerprint density at radius 3 is 1.88 bits per heavy atom. The lowest BCUT2D eigenvalue weighted by Gasteiger charge is -2.62. The average molecular weight is 753 g/mol. The molecule has 0 radical (unpaired) electrons. The first-order chi connectivity index (χ1) is 22.8. The van der Waals surface area contributed by atoms with Gasteiger partial charge in [0.2, 0.25) is 5.91 Å². The van der Waals surface area contributed by atoms with E-state index in [-0.39, 0.29) is 12.2 Å². The quantitative estimate of drug-likeness (QED) is 0.0926. The van der Waals surface area contributed by atoms with E-state index < -0.39 is 124 Å². The Morgan fingerprint density at radius 2 is 1.45 bits per heavy atom. The van der Waals surface area contributed by atoms with Crippen LogP contribution in [0, 0.1) is 0 Å². The highest BCUT2D eigenvalue weighted by atomic mass is 19.4. The van der Waals surface area contributed by atoms with Crippen molar-refractivity contribution in [3.8, 4) is 0 Å². The summed E-state index contributed by atoms with van der Waals surface area (Å²) in [6.45, 7) is 4.51. The predicted octanol–water partition coefficient (Wildman–Crippen LogP) is 0.280. The Morgan fingerprint density at radius 1 is 0.941 bits per heavy atom. The number of carbonyl (C=O) groups is 2. The molecule has 0 spiro atoms. The Labute approximate surface area is 285 Å². The normalized spacial score (nSPS) is 25.6. The lowest BCUT2D eigenvalue weighted by atomic mass is 9.90. The monoisotopic (exact) mass is 752 g/mol. The maximum atomic E-state index is 13.9. The molecule has 0 aromatic carbocycles. The molecule has 2 aliphatic rings. The van der Waals surface area contributed by atoms with Crippen LogP contribution in [0.5, 0.6) is 0 Å². The molecule has 51 heavy (non-hydrogen) atoms.